The first-order valence-corrected chi connectivity index (χ1v) is 7.35. The topological polar surface area (TPSA) is 19.4 Å². The molecule has 0 aliphatic carbocycles. The van der Waals surface area contributed by atoms with E-state index >= 15 is 0 Å². The Balaban J connectivity index is 2.14. The van der Waals surface area contributed by atoms with Crippen LogP contribution < -0.4 is 0 Å². The van der Waals surface area contributed by atoms with Crippen LogP contribution in [0.2, 0.25) is 0 Å². The van der Waals surface area contributed by atoms with Crippen LogP contribution in [0.1, 0.15) is 17.1 Å². The highest BCUT2D eigenvalue weighted by atomic mass is 35.5. The van der Waals surface area contributed by atoms with Crippen LogP contribution in [-0.2, 0) is 12.3 Å². The summed E-state index contributed by atoms with van der Waals surface area (Å²) in [5, 5.41) is 3.26. The number of halogens is 1. The van der Waals surface area contributed by atoms with E-state index in [1.165, 1.54) is 11.4 Å². The van der Waals surface area contributed by atoms with E-state index in [-0.39, 0.29) is 0 Å². The summed E-state index contributed by atoms with van der Waals surface area (Å²) >= 11 is 7.45. The van der Waals surface area contributed by atoms with Gasteiger partial charge in [0.15, 0.2) is 0 Å². The summed E-state index contributed by atoms with van der Waals surface area (Å²) in [7, 11) is 6.39. The maximum absolute atomic E-state index is 5.73. The molecule has 0 amide bonds. The van der Waals surface area contributed by atoms with E-state index in [0.29, 0.717) is 5.88 Å². The molecule has 0 N–H and O–H groups in total. The highest BCUT2D eigenvalue weighted by molar-refractivity contribution is 7.09. The number of alkyl halides is 1. The van der Waals surface area contributed by atoms with Crippen LogP contribution in [-0.4, -0.2) is 55.6 Å². The smallest absolute Gasteiger partial charge is 0.0929 e. The average Bonchev–Trinajstić information content (AvgIpc) is 2.74. The zero-order chi connectivity index (χ0) is 12.7. The molecule has 0 atom stereocenters. The van der Waals surface area contributed by atoms with E-state index in [0.717, 1.165) is 31.7 Å². The minimum Gasteiger partial charge on any atom is -0.308 e. The van der Waals surface area contributed by atoms with Gasteiger partial charge in [0.1, 0.15) is 0 Å². The quantitative estimate of drug-likeness (QED) is 0.679. The Labute approximate surface area is 113 Å². The second kappa shape index (κ2) is 8.03. The van der Waals surface area contributed by atoms with Crippen molar-refractivity contribution in [2.45, 2.75) is 18.7 Å². The Bertz CT molecular complexity index is 314. The lowest BCUT2D eigenvalue weighted by molar-refractivity contribution is 0.279. The highest BCUT2D eigenvalue weighted by Crippen LogP contribution is 2.13. The number of aromatic nitrogens is 1. The minimum atomic E-state index is 0.527. The van der Waals surface area contributed by atoms with E-state index in [9.17, 15) is 0 Å². The molecule has 0 aliphatic rings. The lowest BCUT2D eigenvalue weighted by Gasteiger charge is -2.18. The zero-order valence-electron chi connectivity index (χ0n) is 10.9. The van der Waals surface area contributed by atoms with Crippen molar-refractivity contribution in [3.63, 3.8) is 0 Å². The third-order valence-corrected chi connectivity index (χ3v) is 3.83. The van der Waals surface area contributed by atoms with Gasteiger partial charge in [0, 0.05) is 24.9 Å². The predicted molar refractivity (Wildman–Crippen MR) is 76.0 cm³/mol. The van der Waals surface area contributed by atoms with E-state index in [1.54, 1.807) is 11.3 Å². The van der Waals surface area contributed by atoms with Crippen LogP contribution in [0.3, 0.4) is 0 Å². The summed E-state index contributed by atoms with van der Waals surface area (Å²) in [4.78, 5) is 9.04. The number of hydrogen-bond donors (Lipinski definition) is 0. The van der Waals surface area contributed by atoms with Gasteiger partial charge in [0.25, 0.3) is 0 Å². The molecule has 1 rings (SSSR count). The molecule has 5 heteroatoms. The molecule has 1 heterocycles. The molecule has 1 aromatic heterocycles. The SMILES string of the molecule is CN(C)CCN(C)CCCc1nc(CCl)cs1. The monoisotopic (exact) mass is 275 g/mol. The van der Waals surface area contributed by atoms with Gasteiger partial charge in [-0.05, 0) is 34.1 Å². The third-order valence-electron chi connectivity index (χ3n) is 2.60. The molecule has 0 spiro atoms. The number of aryl methyl sites for hydroxylation is 1. The second-order valence-electron chi connectivity index (χ2n) is 4.58. The Morgan fingerprint density at radius 1 is 1.24 bits per heavy atom. The summed E-state index contributed by atoms with van der Waals surface area (Å²) in [6.07, 6.45) is 2.23. The first-order chi connectivity index (χ1) is 8.11. The van der Waals surface area contributed by atoms with E-state index < -0.39 is 0 Å². The van der Waals surface area contributed by atoms with Crippen LogP contribution in [0, 0.1) is 0 Å². The molecule has 0 bridgehead atoms. The zero-order valence-corrected chi connectivity index (χ0v) is 12.5. The summed E-state index contributed by atoms with van der Waals surface area (Å²) in [5.74, 6) is 0.527. The second-order valence-corrected chi connectivity index (χ2v) is 5.79. The van der Waals surface area contributed by atoms with Crippen molar-refractivity contribution < 1.29 is 0 Å². The van der Waals surface area contributed by atoms with Gasteiger partial charge in [0.2, 0.25) is 0 Å². The van der Waals surface area contributed by atoms with Gasteiger partial charge < -0.3 is 9.80 Å². The molecule has 0 saturated heterocycles. The number of likely N-dealkylation sites (N-methyl/N-ethyl adjacent to an activating group) is 2. The molecular formula is C12H22ClN3S. The highest BCUT2D eigenvalue weighted by Gasteiger charge is 2.03. The number of thiazole rings is 1. The lowest BCUT2D eigenvalue weighted by Crippen LogP contribution is -2.29. The van der Waals surface area contributed by atoms with Crippen molar-refractivity contribution in [1.82, 2.24) is 14.8 Å². The first kappa shape index (κ1) is 14.9. The molecule has 0 unspecified atom stereocenters. The largest absolute Gasteiger partial charge is 0.308 e. The van der Waals surface area contributed by atoms with Gasteiger partial charge in [-0.3, -0.25) is 0 Å². The molecule has 0 aliphatic heterocycles. The van der Waals surface area contributed by atoms with E-state index in [1.807, 2.05) is 0 Å². The van der Waals surface area contributed by atoms with E-state index in [2.05, 4.69) is 41.3 Å². The van der Waals surface area contributed by atoms with Crippen molar-refractivity contribution in [3.8, 4) is 0 Å². The number of hydrogen-bond acceptors (Lipinski definition) is 4. The van der Waals surface area contributed by atoms with Crippen LogP contribution >= 0.6 is 22.9 Å². The summed E-state index contributed by atoms with van der Waals surface area (Å²) in [6.45, 7) is 3.37. The Morgan fingerprint density at radius 2 is 2.00 bits per heavy atom. The minimum absolute atomic E-state index is 0.527. The molecule has 3 nitrogen and oxygen atoms in total. The summed E-state index contributed by atoms with van der Waals surface area (Å²) in [6, 6.07) is 0. The van der Waals surface area contributed by atoms with Gasteiger partial charge in [-0.25, -0.2) is 4.98 Å². The summed E-state index contributed by atoms with van der Waals surface area (Å²) < 4.78 is 0. The fraction of sp³-hybridized carbons (Fsp3) is 0.750. The van der Waals surface area contributed by atoms with Gasteiger partial charge in [-0.1, -0.05) is 0 Å². The molecule has 0 radical (unpaired) electrons. The van der Waals surface area contributed by atoms with Crippen molar-refractivity contribution in [3.05, 3.63) is 16.1 Å². The number of nitrogens with zero attached hydrogens (tertiary/aromatic N) is 3. The fourth-order valence-corrected chi connectivity index (χ4v) is 2.58. The van der Waals surface area contributed by atoms with Gasteiger partial charge in [-0.2, -0.15) is 0 Å². The number of rotatable bonds is 8. The summed E-state index contributed by atoms with van der Waals surface area (Å²) in [5.41, 5.74) is 1.01. The fourth-order valence-electron chi connectivity index (χ4n) is 1.51. The Morgan fingerprint density at radius 3 is 2.59 bits per heavy atom. The molecule has 0 fully saturated rings. The van der Waals surface area contributed by atoms with Crippen LogP contribution in [0.5, 0.6) is 0 Å². The van der Waals surface area contributed by atoms with Crippen molar-refractivity contribution in [1.29, 1.82) is 0 Å². The predicted octanol–water partition coefficient (Wildman–Crippen LogP) is 2.31. The first-order valence-electron chi connectivity index (χ1n) is 5.94. The van der Waals surface area contributed by atoms with Crippen molar-refractivity contribution >= 4 is 22.9 Å². The Kier molecular flexibility index (Phi) is 7.04. The maximum Gasteiger partial charge on any atom is 0.0929 e. The molecule has 0 aromatic carbocycles. The molecular weight excluding hydrogens is 254 g/mol. The van der Waals surface area contributed by atoms with Crippen molar-refractivity contribution in [2.24, 2.45) is 0 Å². The van der Waals surface area contributed by atoms with Gasteiger partial charge >= 0.3 is 0 Å². The third kappa shape index (κ3) is 6.36. The van der Waals surface area contributed by atoms with Crippen LogP contribution in [0.4, 0.5) is 0 Å². The maximum atomic E-state index is 5.73. The molecule has 1 aromatic rings. The van der Waals surface area contributed by atoms with Gasteiger partial charge in [-0.15, -0.1) is 22.9 Å². The van der Waals surface area contributed by atoms with Gasteiger partial charge in [0.05, 0.1) is 16.6 Å². The Hall–Kier alpha value is -0.160. The van der Waals surface area contributed by atoms with Crippen molar-refractivity contribution in [2.75, 3.05) is 40.8 Å². The standard InChI is InChI=1S/C12H22ClN3S/c1-15(2)7-8-16(3)6-4-5-12-14-11(9-13)10-17-12/h10H,4-9H2,1-3H3. The lowest BCUT2D eigenvalue weighted by atomic mass is 10.3. The molecule has 98 valence electrons. The normalized spacial score (nSPS) is 11.6. The average molecular weight is 276 g/mol. The molecule has 17 heavy (non-hydrogen) atoms. The van der Waals surface area contributed by atoms with E-state index in [4.69, 9.17) is 11.6 Å². The van der Waals surface area contributed by atoms with Crippen LogP contribution in [0.25, 0.3) is 0 Å². The molecule has 0 saturated carbocycles. The van der Waals surface area contributed by atoms with Crippen LogP contribution in [0.15, 0.2) is 5.38 Å².